The number of halogens is 2. The van der Waals surface area contributed by atoms with Crippen LogP contribution in [0.4, 0.5) is 14.6 Å². The molecule has 1 aromatic heterocycles. The van der Waals surface area contributed by atoms with Crippen molar-refractivity contribution in [3.63, 3.8) is 0 Å². The molecule has 1 saturated carbocycles. The molecule has 0 unspecified atom stereocenters. The lowest BCUT2D eigenvalue weighted by molar-refractivity contribution is -0.0500. The molecule has 0 amide bonds. The van der Waals surface area contributed by atoms with E-state index in [-0.39, 0.29) is 5.75 Å². The summed E-state index contributed by atoms with van der Waals surface area (Å²) in [7, 11) is 0. The van der Waals surface area contributed by atoms with Crippen LogP contribution in [-0.4, -0.2) is 37.3 Å². The van der Waals surface area contributed by atoms with E-state index >= 15 is 0 Å². The van der Waals surface area contributed by atoms with Gasteiger partial charge >= 0.3 is 6.61 Å². The van der Waals surface area contributed by atoms with Crippen molar-refractivity contribution in [3.8, 4) is 5.75 Å². The summed E-state index contributed by atoms with van der Waals surface area (Å²) in [5, 5.41) is 3.64. The molecule has 0 radical (unpaired) electrons. The monoisotopic (exact) mass is 297 g/mol. The van der Waals surface area contributed by atoms with Gasteiger partial charge in [0, 0.05) is 19.1 Å². The van der Waals surface area contributed by atoms with Crippen LogP contribution in [0.25, 0.3) is 0 Å². The van der Waals surface area contributed by atoms with E-state index in [2.05, 4.69) is 19.9 Å². The number of nitrogens with one attached hydrogen (secondary N) is 1. The van der Waals surface area contributed by atoms with Gasteiger partial charge in [-0.3, -0.25) is 0 Å². The second-order valence-corrected chi connectivity index (χ2v) is 5.84. The number of anilines is 1. The molecule has 21 heavy (non-hydrogen) atoms. The lowest BCUT2D eigenvalue weighted by Crippen LogP contribution is -2.43. The average molecular weight is 297 g/mol. The third-order valence-electron chi connectivity index (χ3n) is 4.16. The van der Waals surface area contributed by atoms with Crippen molar-refractivity contribution in [3.05, 3.63) is 18.3 Å². The van der Waals surface area contributed by atoms with Gasteiger partial charge in [-0.15, -0.1) is 0 Å². The van der Waals surface area contributed by atoms with Crippen molar-refractivity contribution >= 4 is 5.82 Å². The van der Waals surface area contributed by atoms with Crippen LogP contribution in [0.15, 0.2) is 18.3 Å². The van der Waals surface area contributed by atoms with Gasteiger partial charge in [0.05, 0.1) is 6.20 Å². The third-order valence-corrected chi connectivity index (χ3v) is 4.16. The van der Waals surface area contributed by atoms with E-state index in [0.29, 0.717) is 6.04 Å². The minimum atomic E-state index is -2.80. The zero-order valence-electron chi connectivity index (χ0n) is 12.0. The van der Waals surface area contributed by atoms with Crippen molar-refractivity contribution in [2.24, 2.45) is 5.92 Å². The van der Waals surface area contributed by atoms with Crippen molar-refractivity contribution in [2.45, 2.75) is 38.3 Å². The molecule has 2 heterocycles. The Hall–Kier alpha value is -1.43. The van der Waals surface area contributed by atoms with Gasteiger partial charge in [-0.1, -0.05) is 0 Å². The molecule has 1 N–H and O–H groups in total. The number of piperidine rings is 1. The Balaban J connectivity index is 1.46. The molecule has 3 rings (SSSR count). The van der Waals surface area contributed by atoms with Crippen LogP contribution in [0.1, 0.15) is 25.7 Å². The number of hydrogen-bond acceptors (Lipinski definition) is 4. The minimum absolute atomic E-state index is 0.106. The van der Waals surface area contributed by atoms with Crippen LogP contribution in [0.3, 0.4) is 0 Å². The SMILES string of the molecule is FC(F)Oc1ccc(N2CCC(NCC3CC3)CC2)nc1. The molecule has 1 saturated heterocycles. The van der Waals surface area contributed by atoms with Gasteiger partial charge in [0.1, 0.15) is 11.6 Å². The topological polar surface area (TPSA) is 37.4 Å². The maximum absolute atomic E-state index is 12.1. The van der Waals surface area contributed by atoms with Crippen LogP contribution in [0.5, 0.6) is 5.75 Å². The molecule has 1 aromatic rings. The molecule has 0 spiro atoms. The van der Waals surface area contributed by atoms with E-state index < -0.39 is 6.61 Å². The fourth-order valence-corrected chi connectivity index (χ4v) is 2.70. The van der Waals surface area contributed by atoms with E-state index in [1.54, 1.807) is 12.1 Å². The molecule has 2 fully saturated rings. The van der Waals surface area contributed by atoms with Crippen LogP contribution >= 0.6 is 0 Å². The zero-order chi connectivity index (χ0) is 14.7. The highest BCUT2D eigenvalue weighted by Gasteiger charge is 2.24. The molecule has 116 valence electrons. The minimum Gasteiger partial charge on any atom is -0.433 e. The number of ether oxygens (including phenoxy) is 1. The number of nitrogens with zero attached hydrogens (tertiary/aromatic N) is 2. The maximum atomic E-state index is 12.1. The fourth-order valence-electron chi connectivity index (χ4n) is 2.70. The lowest BCUT2D eigenvalue weighted by Gasteiger charge is -2.33. The van der Waals surface area contributed by atoms with Crippen LogP contribution < -0.4 is 15.0 Å². The molecule has 0 atom stereocenters. The Morgan fingerprint density at radius 3 is 2.57 bits per heavy atom. The smallest absolute Gasteiger partial charge is 0.387 e. The summed E-state index contributed by atoms with van der Waals surface area (Å²) in [6.07, 6.45) is 6.32. The molecule has 4 nitrogen and oxygen atoms in total. The van der Waals surface area contributed by atoms with E-state index in [4.69, 9.17) is 0 Å². The molecule has 1 aliphatic heterocycles. The molecule has 2 aliphatic rings. The van der Waals surface area contributed by atoms with Gasteiger partial charge in [-0.2, -0.15) is 8.78 Å². The number of hydrogen-bond donors (Lipinski definition) is 1. The standard InChI is InChI=1S/C15H21F2N3O/c16-15(17)21-13-3-4-14(19-10-13)20-7-5-12(6-8-20)18-9-11-1-2-11/h3-4,10-12,15,18H,1-2,5-9H2. The van der Waals surface area contributed by atoms with Crippen LogP contribution in [0.2, 0.25) is 0 Å². The van der Waals surface area contributed by atoms with Gasteiger partial charge in [-0.05, 0) is 50.3 Å². The first kappa shape index (κ1) is 14.5. The number of rotatable bonds is 6. The van der Waals surface area contributed by atoms with Crippen molar-refractivity contribution in [1.29, 1.82) is 0 Å². The lowest BCUT2D eigenvalue weighted by atomic mass is 10.0. The first-order chi connectivity index (χ1) is 10.2. The van der Waals surface area contributed by atoms with Gasteiger partial charge in [0.2, 0.25) is 0 Å². The van der Waals surface area contributed by atoms with Crippen molar-refractivity contribution < 1.29 is 13.5 Å². The summed E-state index contributed by atoms with van der Waals surface area (Å²) in [6.45, 7) is 0.253. The summed E-state index contributed by atoms with van der Waals surface area (Å²) in [5.41, 5.74) is 0. The second-order valence-electron chi connectivity index (χ2n) is 5.84. The summed E-state index contributed by atoms with van der Waals surface area (Å²) in [5.74, 6) is 1.85. The highest BCUT2D eigenvalue weighted by atomic mass is 19.3. The predicted octanol–water partition coefficient (Wildman–Crippen LogP) is 2.65. The predicted molar refractivity (Wildman–Crippen MR) is 76.8 cm³/mol. The number of pyridine rings is 1. The summed E-state index contributed by atoms with van der Waals surface area (Å²) < 4.78 is 28.5. The van der Waals surface area contributed by atoms with Crippen LogP contribution in [-0.2, 0) is 0 Å². The Morgan fingerprint density at radius 2 is 2.00 bits per heavy atom. The normalized spacial score (nSPS) is 20.0. The largest absolute Gasteiger partial charge is 0.433 e. The zero-order valence-corrected chi connectivity index (χ0v) is 12.0. The molecular formula is C15H21F2N3O. The van der Waals surface area contributed by atoms with Gasteiger partial charge in [-0.25, -0.2) is 4.98 Å². The van der Waals surface area contributed by atoms with Crippen molar-refractivity contribution in [1.82, 2.24) is 10.3 Å². The Kier molecular flexibility index (Phi) is 4.53. The highest BCUT2D eigenvalue weighted by Crippen LogP contribution is 2.28. The maximum Gasteiger partial charge on any atom is 0.387 e. The molecule has 0 bridgehead atoms. The Bertz CT molecular complexity index is 443. The summed E-state index contributed by atoms with van der Waals surface area (Å²) >= 11 is 0. The molecular weight excluding hydrogens is 276 g/mol. The summed E-state index contributed by atoms with van der Waals surface area (Å²) in [6, 6.07) is 3.89. The average Bonchev–Trinajstić information content (AvgIpc) is 3.30. The number of aromatic nitrogens is 1. The van der Waals surface area contributed by atoms with E-state index in [1.165, 1.54) is 19.0 Å². The first-order valence-corrected chi connectivity index (χ1v) is 7.60. The molecule has 6 heteroatoms. The Labute approximate surface area is 123 Å². The highest BCUT2D eigenvalue weighted by molar-refractivity contribution is 5.41. The van der Waals surface area contributed by atoms with Gasteiger partial charge in [0.15, 0.2) is 0 Å². The number of alkyl halides is 2. The Morgan fingerprint density at radius 1 is 1.24 bits per heavy atom. The van der Waals surface area contributed by atoms with E-state index in [0.717, 1.165) is 44.2 Å². The van der Waals surface area contributed by atoms with E-state index in [9.17, 15) is 8.78 Å². The van der Waals surface area contributed by atoms with Crippen molar-refractivity contribution in [2.75, 3.05) is 24.5 Å². The van der Waals surface area contributed by atoms with Crippen LogP contribution in [0, 0.1) is 5.92 Å². The fraction of sp³-hybridized carbons (Fsp3) is 0.667. The second kappa shape index (κ2) is 6.56. The first-order valence-electron chi connectivity index (χ1n) is 7.60. The van der Waals surface area contributed by atoms with Gasteiger partial charge in [0.25, 0.3) is 0 Å². The summed E-state index contributed by atoms with van der Waals surface area (Å²) in [4.78, 5) is 6.41. The quantitative estimate of drug-likeness (QED) is 0.876. The molecule has 1 aliphatic carbocycles. The molecule has 0 aromatic carbocycles. The van der Waals surface area contributed by atoms with E-state index in [1.807, 2.05) is 0 Å². The van der Waals surface area contributed by atoms with Gasteiger partial charge < -0.3 is 15.0 Å². The third kappa shape index (κ3) is 4.27.